The summed E-state index contributed by atoms with van der Waals surface area (Å²) in [7, 11) is 0. The van der Waals surface area contributed by atoms with E-state index >= 15 is 0 Å². The van der Waals surface area contributed by atoms with Crippen molar-refractivity contribution in [3.05, 3.63) is 0 Å². The largest absolute Gasteiger partial charge is 0.377 e. The molecule has 64 heavy (non-hydrogen) atoms. The highest BCUT2D eigenvalue weighted by molar-refractivity contribution is 5.86. The molecule has 0 amide bonds. The number of carbonyl (C=O) groups is 3. The Morgan fingerprint density at radius 2 is 0.922 bits per heavy atom. The zero-order chi connectivity index (χ0) is 47.5. The molecule has 1 rings (SSSR count). The van der Waals surface area contributed by atoms with Gasteiger partial charge in [0.25, 0.3) is 0 Å². The van der Waals surface area contributed by atoms with Crippen LogP contribution in [0.1, 0.15) is 306 Å². The molecule has 380 valence electrons. The van der Waals surface area contributed by atoms with Crippen LogP contribution in [0.15, 0.2) is 0 Å². The van der Waals surface area contributed by atoms with Gasteiger partial charge in [0.2, 0.25) is 0 Å². The molecular formula is C59H115NO4. The van der Waals surface area contributed by atoms with Crippen molar-refractivity contribution < 1.29 is 19.1 Å². The van der Waals surface area contributed by atoms with Gasteiger partial charge >= 0.3 is 0 Å². The summed E-state index contributed by atoms with van der Waals surface area (Å²) in [6.07, 6.45) is 44.6. The van der Waals surface area contributed by atoms with Gasteiger partial charge in [0.05, 0.1) is 12.1 Å². The highest BCUT2D eigenvalue weighted by atomic mass is 16.5. The smallest absolute Gasteiger partial charge is 0.152 e. The van der Waals surface area contributed by atoms with Crippen LogP contribution in [0, 0.1) is 23.7 Å². The lowest BCUT2D eigenvalue weighted by atomic mass is 9.88. The van der Waals surface area contributed by atoms with Gasteiger partial charge in [-0.15, -0.1) is 0 Å². The van der Waals surface area contributed by atoms with Crippen molar-refractivity contribution in [2.24, 2.45) is 23.7 Å². The van der Waals surface area contributed by atoms with E-state index < -0.39 is 0 Å². The number of nitrogens with zero attached hydrogens (tertiary/aromatic N) is 1. The van der Waals surface area contributed by atoms with Crippen molar-refractivity contribution in [2.45, 2.75) is 318 Å². The van der Waals surface area contributed by atoms with Crippen molar-refractivity contribution in [1.82, 2.24) is 4.90 Å². The number of likely N-dealkylation sites (tertiary alicyclic amines) is 1. The molecule has 0 bridgehead atoms. The minimum absolute atomic E-state index is 0.0336. The molecule has 1 saturated heterocycles. The molecule has 5 nitrogen and oxygen atoms in total. The predicted molar refractivity (Wildman–Crippen MR) is 281 cm³/mol. The fourth-order valence-electron chi connectivity index (χ4n) is 9.88. The van der Waals surface area contributed by atoms with Gasteiger partial charge in [-0.2, -0.15) is 0 Å². The van der Waals surface area contributed by atoms with E-state index in [-0.39, 0.29) is 18.1 Å². The quantitative estimate of drug-likeness (QED) is 0.0570. The first-order valence-electron chi connectivity index (χ1n) is 29.0. The number of hydrogen-bond donors (Lipinski definition) is 0. The second-order valence-electron chi connectivity index (χ2n) is 21.0. The molecule has 4 atom stereocenters. The molecule has 0 aromatic rings. The van der Waals surface area contributed by atoms with Crippen LogP contribution < -0.4 is 0 Å². The average molecular weight is 903 g/mol. The molecule has 1 aliphatic heterocycles. The lowest BCUT2D eigenvalue weighted by molar-refractivity contribution is -0.127. The molecule has 1 heterocycles. The second-order valence-corrected chi connectivity index (χ2v) is 21.0. The van der Waals surface area contributed by atoms with Crippen molar-refractivity contribution in [1.29, 1.82) is 0 Å². The minimum Gasteiger partial charge on any atom is -0.377 e. The number of Topliss-reactive ketones (excluding diaryl/α,β-unsaturated/α-hetero) is 3. The Labute approximate surface area is 401 Å². The van der Waals surface area contributed by atoms with Gasteiger partial charge < -0.3 is 4.74 Å². The fraction of sp³-hybridized carbons (Fsp3) is 0.949. The number of unbranched alkanes of at least 4 members (excludes halogenated alkanes) is 23. The summed E-state index contributed by atoms with van der Waals surface area (Å²) in [6.45, 7) is 22.5. The number of ketones is 3. The van der Waals surface area contributed by atoms with E-state index in [9.17, 15) is 14.4 Å². The molecule has 1 aliphatic rings. The summed E-state index contributed by atoms with van der Waals surface area (Å²) in [5.41, 5.74) is 0. The van der Waals surface area contributed by atoms with Gasteiger partial charge in [-0.1, -0.05) is 229 Å². The van der Waals surface area contributed by atoms with Crippen LogP contribution in [-0.4, -0.2) is 54.1 Å². The van der Waals surface area contributed by atoms with E-state index in [2.05, 4.69) is 53.4 Å². The normalized spacial score (nSPS) is 16.4. The van der Waals surface area contributed by atoms with Gasteiger partial charge in [-0.25, -0.2) is 0 Å². The fourth-order valence-corrected chi connectivity index (χ4v) is 9.88. The molecule has 0 aromatic heterocycles. The van der Waals surface area contributed by atoms with E-state index in [0.29, 0.717) is 47.9 Å². The predicted octanol–water partition coefficient (Wildman–Crippen LogP) is 18.2. The van der Waals surface area contributed by atoms with E-state index in [1.807, 2.05) is 13.8 Å². The van der Waals surface area contributed by atoms with E-state index in [1.54, 1.807) is 0 Å². The number of rotatable bonds is 47. The third-order valence-electron chi connectivity index (χ3n) is 14.7. The Hall–Kier alpha value is -1.07. The topological polar surface area (TPSA) is 63.7 Å². The molecule has 0 radical (unpaired) electrons. The zero-order valence-corrected chi connectivity index (χ0v) is 45.0. The molecule has 0 saturated carbocycles. The SMILES string of the molecule is CC.CCCCCCCCCCCCC(=O)CCCCCN1CC(OCCCC(C)C(C)C)CC1C(=O)C(C)CCCCCC(=O)CC(CCCCCCCC)CCCCCCCC. The summed E-state index contributed by atoms with van der Waals surface area (Å²) in [4.78, 5) is 42.3. The molecule has 5 heteroatoms. The lowest BCUT2D eigenvalue weighted by Gasteiger charge is -2.25. The monoisotopic (exact) mass is 902 g/mol. The maximum Gasteiger partial charge on any atom is 0.152 e. The average Bonchev–Trinajstić information content (AvgIpc) is 3.70. The third kappa shape index (κ3) is 36.0. The van der Waals surface area contributed by atoms with Crippen molar-refractivity contribution in [3.63, 3.8) is 0 Å². The zero-order valence-electron chi connectivity index (χ0n) is 45.0. The first kappa shape index (κ1) is 62.9. The Kier molecular flexibility index (Phi) is 44.9. The van der Waals surface area contributed by atoms with Gasteiger partial charge in [0.1, 0.15) is 11.6 Å². The molecule has 4 unspecified atom stereocenters. The number of ether oxygens (including phenoxy) is 1. The summed E-state index contributed by atoms with van der Waals surface area (Å²) in [6, 6.07) is -0.0561. The standard InChI is InChI=1S/C57H109NO4.C2H6/c1-8-11-14-17-20-21-22-23-26-32-41-53(59)42-34-28-35-44-58-48-55(62-45-36-38-50(6)49(4)5)47-56(58)57(61)51(7)37-29-27-33-43-54(60)46-52(39-30-24-18-15-12-9-2)40-31-25-19-16-13-10-3;1-2/h49-52,55-56H,8-48H2,1-7H3;1-2H3. The molecule has 0 aromatic carbocycles. The number of hydrogen-bond acceptors (Lipinski definition) is 5. The Bertz CT molecular complexity index is 1030. The summed E-state index contributed by atoms with van der Waals surface area (Å²) in [5.74, 6) is 3.31. The maximum atomic E-state index is 14.0. The van der Waals surface area contributed by atoms with Gasteiger partial charge in [-0.05, 0) is 75.7 Å². The lowest BCUT2D eigenvalue weighted by Crippen LogP contribution is -2.39. The van der Waals surface area contributed by atoms with Crippen LogP contribution in [0.2, 0.25) is 0 Å². The van der Waals surface area contributed by atoms with Crippen molar-refractivity contribution in [3.8, 4) is 0 Å². The van der Waals surface area contributed by atoms with Crippen LogP contribution in [0.25, 0.3) is 0 Å². The van der Waals surface area contributed by atoms with E-state index in [4.69, 9.17) is 4.74 Å². The van der Waals surface area contributed by atoms with E-state index in [0.717, 1.165) is 96.7 Å². The Balaban J connectivity index is 0.0000195. The molecule has 0 aliphatic carbocycles. The van der Waals surface area contributed by atoms with Gasteiger partial charge in [-0.3, -0.25) is 19.3 Å². The van der Waals surface area contributed by atoms with Gasteiger partial charge in [0, 0.05) is 44.8 Å². The molecule has 0 spiro atoms. The van der Waals surface area contributed by atoms with Gasteiger partial charge in [0.15, 0.2) is 5.78 Å². The summed E-state index contributed by atoms with van der Waals surface area (Å²) >= 11 is 0. The van der Waals surface area contributed by atoms with Crippen LogP contribution in [0.3, 0.4) is 0 Å². The summed E-state index contributed by atoms with van der Waals surface area (Å²) in [5, 5.41) is 0. The Morgan fingerprint density at radius 3 is 1.42 bits per heavy atom. The highest BCUT2D eigenvalue weighted by Gasteiger charge is 2.38. The summed E-state index contributed by atoms with van der Waals surface area (Å²) < 4.78 is 6.45. The third-order valence-corrected chi connectivity index (χ3v) is 14.7. The molecule has 0 N–H and O–H groups in total. The first-order valence-corrected chi connectivity index (χ1v) is 29.0. The highest BCUT2D eigenvalue weighted by Crippen LogP contribution is 2.28. The number of carbonyl (C=O) groups excluding carboxylic acids is 3. The molecule has 1 fully saturated rings. The second kappa shape index (κ2) is 45.7. The molecular weight excluding hydrogens is 787 g/mol. The van der Waals surface area contributed by atoms with Crippen LogP contribution in [0.5, 0.6) is 0 Å². The van der Waals surface area contributed by atoms with Crippen molar-refractivity contribution in [2.75, 3.05) is 19.7 Å². The van der Waals surface area contributed by atoms with Crippen molar-refractivity contribution >= 4 is 17.3 Å². The minimum atomic E-state index is -0.0561. The maximum absolute atomic E-state index is 14.0. The van der Waals surface area contributed by atoms with E-state index in [1.165, 1.54) is 154 Å². The van der Waals surface area contributed by atoms with Crippen LogP contribution in [-0.2, 0) is 19.1 Å². The van der Waals surface area contributed by atoms with Crippen LogP contribution in [0.4, 0.5) is 0 Å². The van der Waals surface area contributed by atoms with Crippen LogP contribution >= 0.6 is 0 Å². The first-order chi connectivity index (χ1) is 31.1. The Morgan fingerprint density at radius 1 is 0.500 bits per heavy atom.